The summed E-state index contributed by atoms with van der Waals surface area (Å²) in [7, 11) is 0. The third-order valence-corrected chi connectivity index (χ3v) is 3.30. The van der Waals surface area contributed by atoms with Gasteiger partial charge in [-0.2, -0.15) is 0 Å². The van der Waals surface area contributed by atoms with Gasteiger partial charge in [-0.05, 0) is 31.0 Å². The van der Waals surface area contributed by atoms with Gasteiger partial charge in [0.05, 0.1) is 12.6 Å². The smallest absolute Gasteiger partial charge is 0.404 e. The second-order valence-corrected chi connectivity index (χ2v) is 4.98. The highest BCUT2D eigenvalue weighted by molar-refractivity contribution is 6.31. The lowest BCUT2D eigenvalue weighted by Crippen LogP contribution is -2.27. The predicted molar refractivity (Wildman–Crippen MR) is 76.8 cm³/mol. The van der Waals surface area contributed by atoms with Crippen LogP contribution in [0, 0.1) is 10.1 Å². The number of hydrogen-bond donors (Lipinski definition) is 1. The first kappa shape index (κ1) is 14.6. The van der Waals surface area contributed by atoms with Gasteiger partial charge in [0.1, 0.15) is 10.7 Å². The van der Waals surface area contributed by atoms with Crippen molar-refractivity contribution in [3.8, 4) is 0 Å². The Hall–Kier alpha value is -1.85. The summed E-state index contributed by atoms with van der Waals surface area (Å²) in [5.41, 5.74) is 1.07. The van der Waals surface area contributed by atoms with Crippen LogP contribution in [-0.4, -0.2) is 11.0 Å². The summed E-state index contributed by atoms with van der Waals surface area (Å²) in [6.07, 6.45) is 0.780. The van der Waals surface area contributed by atoms with Crippen LogP contribution in [0.1, 0.15) is 18.2 Å². The molecular weight excluding hydrogens is 280 g/mol. The zero-order valence-electron chi connectivity index (χ0n) is 11.0. The second kappa shape index (κ2) is 6.54. The highest BCUT2D eigenvalue weighted by Gasteiger charge is 2.12. The minimum Gasteiger partial charge on any atom is -0.404 e. The van der Waals surface area contributed by atoms with Crippen LogP contribution in [0.4, 0.5) is 5.88 Å². The van der Waals surface area contributed by atoms with Crippen molar-refractivity contribution in [3.05, 3.63) is 62.9 Å². The van der Waals surface area contributed by atoms with Crippen molar-refractivity contribution in [1.29, 1.82) is 0 Å². The van der Waals surface area contributed by atoms with Crippen LogP contribution >= 0.6 is 11.6 Å². The largest absolute Gasteiger partial charge is 0.433 e. The molecule has 1 heterocycles. The Morgan fingerprint density at radius 3 is 2.75 bits per heavy atom. The third kappa shape index (κ3) is 3.82. The maximum atomic E-state index is 10.5. The number of hydrogen-bond acceptors (Lipinski definition) is 4. The molecule has 5 nitrogen and oxygen atoms in total. The molecule has 0 saturated carbocycles. The van der Waals surface area contributed by atoms with Crippen LogP contribution in [-0.2, 0) is 13.0 Å². The molecule has 0 aliphatic carbocycles. The standard InChI is InChI=1S/C14H15ClN2O3/c1-10(8-11-4-2-3-5-13(11)15)16-9-12-6-7-14(20-12)17(18)19/h2-7,10,16H,8-9H2,1H3. The van der Waals surface area contributed by atoms with Crippen LogP contribution in [0.25, 0.3) is 0 Å². The summed E-state index contributed by atoms with van der Waals surface area (Å²) in [4.78, 5) is 9.96. The van der Waals surface area contributed by atoms with Gasteiger partial charge in [-0.3, -0.25) is 10.1 Å². The predicted octanol–water partition coefficient (Wildman–Crippen LogP) is 3.56. The number of nitrogens with zero attached hydrogens (tertiary/aromatic N) is 1. The number of furan rings is 1. The summed E-state index contributed by atoms with van der Waals surface area (Å²) in [6.45, 7) is 2.47. The molecule has 1 aromatic carbocycles. The van der Waals surface area contributed by atoms with E-state index in [1.54, 1.807) is 6.07 Å². The molecule has 1 N–H and O–H groups in total. The Balaban J connectivity index is 1.87. The summed E-state index contributed by atoms with van der Waals surface area (Å²) >= 11 is 6.10. The Morgan fingerprint density at radius 1 is 1.35 bits per heavy atom. The van der Waals surface area contributed by atoms with E-state index in [1.165, 1.54) is 6.07 Å². The summed E-state index contributed by atoms with van der Waals surface area (Å²) in [5.74, 6) is 0.309. The third-order valence-electron chi connectivity index (χ3n) is 2.94. The molecule has 0 radical (unpaired) electrons. The van der Waals surface area contributed by atoms with Gasteiger partial charge >= 0.3 is 5.88 Å². The van der Waals surface area contributed by atoms with E-state index in [0.29, 0.717) is 12.3 Å². The summed E-state index contributed by atoms with van der Waals surface area (Å²) in [6, 6.07) is 10.8. The van der Waals surface area contributed by atoms with Crippen molar-refractivity contribution in [2.45, 2.75) is 25.9 Å². The molecule has 106 valence electrons. The minimum absolute atomic E-state index is 0.180. The highest BCUT2D eigenvalue weighted by Crippen LogP contribution is 2.18. The van der Waals surface area contributed by atoms with Gasteiger partial charge in [0, 0.05) is 11.1 Å². The fourth-order valence-electron chi connectivity index (χ4n) is 1.90. The van der Waals surface area contributed by atoms with E-state index in [0.717, 1.165) is 17.0 Å². The van der Waals surface area contributed by atoms with E-state index in [9.17, 15) is 10.1 Å². The second-order valence-electron chi connectivity index (χ2n) is 4.57. The monoisotopic (exact) mass is 294 g/mol. The van der Waals surface area contributed by atoms with Crippen molar-refractivity contribution in [1.82, 2.24) is 5.32 Å². The van der Waals surface area contributed by atoms with Gasteiger partial charge in [0.2, 0.25) is 0 Å². The number of nitro groups is 1. The van der Waals surface area contributed by atoms with Gasteiger partial charge in [0.15, 0.2) is 0 Å². The van der Waals surface area contributed by atoms with E-state index in [4.69, 9.17) is 16.0 Å². The van der Waals surface area contributed by atoms with E-state index in [2.05, 4.69) is 5.32 Å². The molecular formula is C14H15ClN2O3. The first-order valence-corrected chi connectivity index (χ1v) is 6.64. The van der Waals surface area contributed by atoms with E-state index in [1.807, 2.05) is 31.2 Å². The summed E-state index contributed by atoms with van der Waals surface area (Å²) < 4.78 is 5.08. The van der Waals surface area contributed by atoms with Crippen molar-refractivity contribution >= 4 is 17.5 Å². The quantitative estimate of drug-likeness (QED) is 0.653. The number of nitrogens with one attached hydrogen (secondary N) is 1. The molecule has 0 aliphatic rings. The average molecular weight is 295 g/mol. The van der Waals surface area contributed by atoms with Gasteiger partial charge in [0.25, 0.3) is 0 Å². The lowest BCUT2D eigenvalue weighted by Gasteiger charge is -2.13. The lowest BCUT2D eigenvalue weighted by atomic mass is 10.1. The molecule has 1 aromatic heterocycles. The molecule has 0 aliphatic heterocycles. The molecule has 0 saturated heterocycles. The molecule has 0 amide bonds. The molecule has 0 spiro atoms. The fraction of sp³-hybridized carbons (Fsp3) is 0.286. The van der Waals surface area contributed by atoms with Gasteiger partial charge in [-0.25, -0.2) is 0 Å². The summed E-state index contributed by atoms with van der Waals surface area (Å²) in [5, 5.41) is 14.5. The SMILES string of the molecule is CC(Cc1ccccc1Cl)NCc1ccc([N+](=O)[O-])o1. The van der Waals surface area contributed by atoms with Crippen LogP contribution in [0.2, 0.25) is 5.02 Å². The maximum absolute atomic E-state index is 10.5. The van der Waals surface area contributed by atoms with E-state index < -0.39 is 4.92 Å². The van der Waals surface area contributed by atoms with E-state index in [-0.39, 0.29) is 11.9 Å². The van der Waals surface area contributed by atoms with Crippen LogP contribution in [0.5, 0.6) is 0 Å². The van der Waals surface area contributed by atoms with Crippen molar-refractivity contribution in [2.75, 3.05) is 0 Å². The van der Waals surface area contributed by atoms with Crippen LogP contribution in [0.3, 0.4) is 0 Å². The number of benzene rings is 1. The Kier molecular flexibility index (Phi) is 4.76. The lowest BCUT2D eigenvalue weighted by molar-refractivity contribution is -0.402. The fourth-order valence-corrected chi connectivity index (χ4v) is 2.11. The number of rotatable bonds is 6. The minimum atomic E-state index is -0.545. The molecule has 6 heteroatoms. The zero-order chi connectivity index (χ0) is 14.5. The average Bonchev–Trinajstić information content (AvgIpc) is 2.88. The van der Waals surface area contributed by atoms with Crippen LogP contribution in [0.15, 0.2) is 40.8 Å². The van der Waals surface area contributed by atoms with Gasteiger partial charge < -0.3 is 9.73 Å². The van der Waals surface area contributed by atoms with Gasteiger partial charge in [-0.15, -0.1) is 0 Å². The molecule has 2 rings (SSSR count). The normalized spacial score (nSPS) is 12.3. The van der Waals surface area contributed by atoms with Crippen molar-refractivity contribution < 1.29 is 9.34 Å². The van der Waals surface area contributed by atoms with Crippen molar-refractivity contribution in [2.24, 2.45) is 0 Å². The van der Waals surface area contributed by atoms with E-state index >= 15 is 0 Å². The Bertz CT molecular complexity index is 598. The molecule has 20 heavy (non-hydrogen) atoms. The Morgan fingerprint density at radius 2 is 2.10 bits per heavy atom. The Labute approximate surface area is 121 Å². The first-order valence-electron chi connectivity index (χ1n) is 6.26. The van der Waals surface area contributed by atoms with Crippen LogP contribution < -0.4 is 5.32 Å². The molecule has 2 aromatic rings. The first-order chi connectivity index (χ1) is 9.56. The molecule has 0 bridgehead atoms. The maximum Gasteiger partial charge on any atom is 0.433 e. The zero-order valence-corrected chi connectivity index (χ0v) is 11.8. The molecule has 1 atom stereocenters. The molecule has 0 fully saturated rings. The van der Waals surface area contributed by atoms with Crippen molar-refractivity contribution in [3.63, 3.8) is 0 Å². The topological polar surface area (TPSA) is 68.3 Å². The number of halogens is 1. The van der Waals surface area contributed by atoms with Gasteiger partial charge in [-0.1, -0.05) is 29.8 Å². The highest BCUT2D eigenvalue weighted by atomic mass is 35.5. The molecule has 1 unspecified atom stereocenters.